The molecule has 0 radical (unpaired) electrons. The first-order chi connectivity index (χ1) is 7.50. The monoisotopic (exact) mass is 219 g/mol. The van der Waals surface area contributed by atoms with Gasteiger partial charge in [0.15, 0.2) is 0 Å². The largest absolute Gasteiger partial charge is 0.508 e. The fraction of sp³-hybridized carbons (Fsp3) is 0.462. The third kappa shape index (κ3) is 2.35. The van der Waals surface area contributed by atoms with Gasteiger partial charge in [-0.05, 0) is 48.9 Å². The summed E-state index contributed by atoms with van der Waals surface area (Å²) in [4.78, 5) is 11.9. The second-order valence-corrected chi connectivity index (χ2v) is 4.99. The third-order valence-corrected chi connectivity index (χ3v) is 3.23. The standard InChI is InChI=1S/C13H17NO2/c1-9-7-10(15)3-4-11(9)12(16)14-8-13(2)5-6-13/h3-4,7,15H,5-6,8H2,1-2H3,(H,14,16). The van der Waals surface area contributed by atoms with Crippen molar-refractivity contribution < 1.29 is 9.90 Å². The summed E-state index contributed by atoms with van der Waals surface area (Å²) in [5.41, 5.74) is 1.76. The van der Waals surface area contributed by atoms with Crippen molar-refractivity contribution in [1.29, 1.82) is 0 Å². The number of benzene rings is 1. The van der Waals surface area contributed by atoms with Crippen molar-refractivity contribution in [2.45, 2.75) is 26.7 Å². The van der Waals surface area contributed by atoms with Crippen molar-refractivity contribution in [3.05, 3.63) is 29.3 Å². The molecule has 1 amide bonds. The van der Waals surface area contributed by atoms with Gasteiger partial charge in [-0.15, -0.1) is 0 Å². The molecule has 0 bridgehead atoms. The van der Waals surface area contributed by atoms with E-state index in [9.17, 15) is 9.90 Å². The quantitative estimate of drug-likeness (QED) is 0.819. The summed E-state index contributed by atoms with van der Waals surface area (Å²) in [5.74, 6) is 0.147. The van der Waals surface area contributed by atoms with E-state index < -0.39 is 0 Å². The number of rotatable bonds is 3. The lowest BCUT2D eigenvalue weighted by molar-refractivity contribution is 0.0945. The van der Waals surface area contributed by atoms with Gasteiger partial charge in [-0.1, -0.05) is 6.92 Å². The summed E-state index contributed by atoms with van der Waals surface area (Å²) in [5, 5.41) is 12.2. The maximum absolute atomic E-state index is 11.9. The van der Waals surface area contributed by atoms with E-state index >= 15 is 0 Å². The van der Waals surface area contributed by atoms with Crippen molar-refractivity contribution in [3.8, 4) is 5.75 Å². The van der Waals surface area contributed by atoms with Crippen LogP contribution in [0.15, 0.2) is 18.2 Å². The smallest absolute Gasteiger partial charge is 0.251 e. The van der Waals surface area contributed by atoms with E-state index in [-0.39, 0.29) is 11.7 Å². The zero-order valence-corrected chi connectivity index (χ0v) is 9.71. The van der Waals surface area contributed by atoms with Gasteiger partial charge in [-0.25, -0.2) is 0 Å². The van der Waals surface area contributed by atoms with Crippen molar-refractivity contribution >= 4 is 5.91 Å². The van der Waals surface area contributed by atoms with E-state index in [4.69, 9.17) is 0 Å². The molecule has 1 aromatic rings. The minimum atomic E-state index is -0.0503. The number of aryl methyl sites for hydroxylation is 1. The average Bonchev–Trinajstić information content (AvgIpc) is 2.94. The zero-order valence-electron chi connectivity index (χ0n) is 9.71. The van der Waals surface area contributed by atoms with Crippen LogP contribution in [-0.4, -0.2) is 17.6 Å². The maximum Gasteiger partial charge on any atom is 0.251 e. The van der Waals surface area contributed by atoms with E-state index in [1.807, 2.05) is 6.92 Å². The minimum absolute atomic E-state index is 0.0503. The van der Waals surface area contributed by atoms with E-state index in [0.29, 0.717) is 11.0 Å². The Labute approximate surface area is 95.5 Å². The van der Waals surface area contributed by atoms with Crippen LogP contribution in [0.1, 0.15) is 35.7 Å². The van der Waals surface area contributed by atoms with Gasteiger partial charge in [0, 0.05) is 12.1 Å². The molecule has 1 saturated carbocycles. The Bertz CT molecular complexity index is 422. The number of phenolic OH excluding ortho intramolecular Hbond substituents is 1. The average molecular weight is 219 g/mol. The molecule has 0 aliphatic heterocycles. The molecule has 0 aromatic heterocycles. The summed E-state index contributed by atoms with van der Waals surface area (Å²) in [6.07, 6.45) is 2.39. The van der Waals surface area contributed by atoms with Crippen LogP contribution in [-0.2, 0) is 0 Å². The highest BCUT2D eigenvalue weighted by atomic mass is 16.3. The van der Waals surface area contributed by atoms with Gasteiger partial charge >= 0.3 is 0 Å². The number of amides is 1. The second kappa shape index (κ2) is 3.81. The Morgan fingerprint density at radius 2 is 2.19 bits per heavy atom. The van der Waals surface area contributed by atoms with Crippen LogP contribution in [0.25, 0.3) is 0 Å². The SMILES string of the molecule is Cc1cc(O)ccc1C(=O)NCC1(C)CC1. The molecule has 0 unspecified atom stereocenters. The Kier molecular flexibility index (Phi) is 2.62. The van der Waals surface area contributed by atoms with Gasteiger partial charge < -0.3 is 10.4 Å². The molecule has 2 N–H and O–H groups in total. The molecule has 86 valence electrons. The highest BCUT2D eigenvalue weighted by molar-refractivity contribution is 5.95. The van der Waals surface area contributed by atoms with E-state index in [0.717, 1.165) is 12.1 Å². The molecule has 3 heteroatoms. The summed E-state index contributed by atoms with van der Waals surface area (Å²) < 4.78 is 0. The molecular formula is C13H17NO2. The summed E-state index contributed by atoms with van der Waals surface area (Å²) in [6.45, 7) is 4.75. The lowest BCUT2D eigenvalue weighted by Crippen LogP contribution is -2.29. The fourth-order valence-electron chi connectivity index (χ4n) is 1.68. The van der Waals surface area contributed by atoms with Crippen LogP contribution < -0.4 is 5.32 Å². The Balaban J connectivity index is 2.02. The lowest BCUT2D eigenvalue weighted by atomic mass is 10.1. The molecule has 1 aromatic carbocycles. The number of hydrogen-bond donors (Lipinski definition) is 2. The van der Waals surface area contributed by atoms with Crippen LogP contribution in [0.5, 0.6) is 5.75 Å². The molecule has 1 aliphatic rings. The molecular weight excluding hydrogens is 202 g/mol. The number of hydrogen-bond acceptors (Lipinski definition) is 2. The summed E-state index contributed by atoms with van der Waals surface area (Å²) >= 11 is 0. The number of carbonyl (C=O) groups is 1. The minimum Gasteiger partial charge on any atom is -0.508 e. The van der Waals surface area contributed by atoms with Crippen molar-refractivity contribution in [3.63, 3.8) is 0 Å². The fourth-order valence-corrected chi connectivity index (χ4v) is 1.68. The molecule has 16 heavy (non-hydrogen) atoms. The Morgan fingerprint density at radius 3 is 2.75 bits per heavy atom. The summed E-state index contributed by atoms with van der Waals surface area (Å²) in [7, 11) is 0. The number of phenols is 1. The van der Waals surface area contributed by atoms with Crippen molar-refractivity contribution in [1.82, 2.24) is 5.32 Å². The molecule has 0 spiro atoms. The van der Waals surface area contributed by atoms with E-state index in [2.05, 4.69) is 12.2 Å². The topological polar surface area (TPSA) is 49.3 Å². The summed E-state index contributed by atoms with van der Waals surface area (Å²) in [6, 6.07) is 4.81. The third-order valence-electron chi connectivity index (χ3n) is 3.23. The predicted octanol–water partition coefficient (Wildman–Crippen LogP) is 2.23. The first kappa shape index (κ1) is 11.0. The van der Waals surface area contributed by atoms with Gasteiger partial charge in [0.25, 0.3) is 5.91 Å². The van der Waals surface area contributed by atoms with Crippen molar-refractivity contribution in [2.75, 3.05) is 6.54 Å². The number of nitrogens with one attached hydrogen (secondary N) is 1. The van der Waals surface area contributed by atoms with Gasteiger partial charge in [0.2, 0.25) is 0 Å². The van der Waals surface area contributed by atoms with Crippen LogP contribution in [0.2, 0.25) is 0 Å². The second-order valence-electron chi connectivity index (χ2n) is 4.99. The van der Waals surface area contributed by atoms with Gasteiger partial charge in [-0.2, -0.15) is 0 Å². The molecule has 0 saturated heterocycles. The molecule has 1 fully saturated rings. The first-order valence-electron chi connectivity index (χ1n) is 5.58. The van der Waals surface area contributed by atoms with Crippen LogP contribution >= 0.6 is 0 Å². The zero-order chi connectivity index (χ0) is 11.8. The molecule has 2 rings (SSSR count). The predicted molar refractivity (Wildman–Crippen MR) is 62.5 cm³/mol. The van der Waals surface area contributed by atoms with Gasteiger partial charge in [0.05, 0.1) is 0 Å². The normalized spacial score (nSPS) is 16.9. The van der Waals surface area contributed by atoms with Crippen molar-refractivity contribution in [2.24, 2.45) is 5.41 Å². The van der Waals surface area contributed by atoms with Crippen LogP contribution in [0, 0.1) is 12.3 Å². The molecule has 0 heterocycles. The molecule has 3 nitrogen and oxygen atoms in total. The Hall–Kier alpha value is -1.51. The first-order valence-corrected chi connectivity index (χ1v) is 5.58. The van der Waals surface area contributed by atoms with Crippen LogP contribution in [0.4, 0.5) is 0 Å². The van der Waals surface area contributed by atoms with Gasteiger partial charge in [0.1, 0.15) is 5.75 Å². The molecule has 0 atom stereocenters. The van der Waals surface area contributed by atoms with E-state index in [1.54, 1.807) is 18.2 Å². The Morgan fingerprint density at radius 1 is 1.50 bits per heavy atom. The molecule has 1 aliphatic carbocycles. The highest BCUT2D eigenvalue weighted by Crippen LogP contribution is 2.44. The highest BCUT2D eigenvalue weighted by Gasteiger charge is 2.37. The number of carbonyl (C=O) groups excluding carboxylic acids is 1. The van der Waals surface area contributed by atoms with Crippen LogP contribution in [0.3, 0.4) is 0 Å². The lowest BCUT2D eigenvalue weighted by Gasteiger charge is -2.11. The maximum atomic E-state index is 11.9. The van der Waals surface area contributed by atoms with E-state index in [1.165, 1.54) is 12.8 Å². The van der Waals surface area contributed by atoms with Gasteiger partial charge in [-0.3, -0.25) is 4.79 Å². The number of aromatic hydroxyl groups is 1.